The lowest BCUT2D eigenvalue weighted by Gasteiger charge is -2.49. The number of carbonyl (C=O) groups excluding carboxylic acids is 1. The van der Waals surface area contributed by atoms with Gasteiger partial charge >= 0.3 is 12.8 Å². The van der Waals surface area contributed by atoms with Crippen molar-refractivity contribution >= 4 is 27.3 Å². The lowest BCUT2D eigenvalue weighted by atomic mass is 10.00. The molecule has 0 aliphatic carbocycles. The van der Waals surface area contributed by atoms with E-state index in [1.54, 1.807) is 6.07 Å². The second-order valence-corrected chi connectivity index (χ2v) is 11.7. The van der Waals surface area contributed by atoms with Crippen LogP contribution in [0.3, 0.4) is 0 Å². The van der Waals surface area contributed by atoms with Crippen LogP contribution in [-0.2, 0) is 21.0 Å². The number of nitriles is 1. The van der Waals surface area contributed by atoms with Crippen molar-refractivity contribution in [2.45, 2.75) is 30.1 Å². The zero-order chi connectivity index (χ0) is 31.1. The van der Waals surface area contributed by atoms with Crippen LogP contribution in [0.5, 0.6) is 5.75 Å². The molecule has 15 heteroatoms. The van der Waals surface area contributed by atoms with Gasteiger partial charge in [0.25, 0.3) is 10.0 Å². The smallest absolute Gasteiger partial charge is 0.416 e. The van der Waals surface area contributed by atoms with Gasteiger partial charge in [0, 0.05) is 25.7 Å². The Labute approximate surface area is 242 Å². The number of hydrogen-bond acceptors (Lipinski definition) is 6. The third kappa shape index (κ3) is 6.05. The number of carbonyl (C=O) groups is 1. The van der Waals surface area contributed by atoms with E-state index in [-0.39, 0.29) is 49.4 Å². The van der Waals surface area contributed by atoms with Crippen LogP contribution < -0.4 is 13.9 Å². The first kappa shape index (κ1) is 30.0. The first-order chi connectivity index (χ1) is 20.3. The fourth-order valence-corrected chi connectivity index (χ4v) is 6.81. The van der Waals surface area contributed by atoms with Gasteiger partial charge in [-0.1, -0.05) is 12.1 Å². The fraction of sp³-hybridized carbons (Fsp3) is 0.286. The van der Waals surface area contributed by atoms with E-state index in [0.29, 0.717) is 11.8 Å². The average Bonchev–Trinajstić information content (AvgIpc) is 2.95. The molecule has 2 aliphatic heterocycles. The third-order valence-corrected chi connectivity index (χ3v) is 8.95. The van der Waals surface area contributed by atoms with Crippen LogP contribution in [0.2, 0.25) is 0 Å². The number of piperazine rings is 1. The Morgan fingerprint density at radius 1 is 1.00 bits per heavy atom. The molecule has 0 unspecified atom stereocenters. The zero-order valence-corrected chi connectivity index (χ0v) is 22.9. The minimum absolute atomic E-state index is 0.0501. The van der Waals surface area contributed by atoms with Crippen LogP contribution in [0.4, 0.5) is 37.7 Å². The van der Waals surface area contributed by atoms with Crippen LogP contribution in [-0.4, -0.2) is 58.1 Å². The number of alkyl halides is 5. The summed E-state index contributed by atoms with van der Waals surface area (Å²) in [4.78, 5) is 15.1. The van der Waals surface area contributed by atoms with E-state index in [2.05, 4.69) is 4.74 Å². The Balaban J connectivity index is 1.62. The summed E-state index contributed by atoms with van der Waals surface area (Å²) in [6.07, 6.45) is -5.18. The zero-order valence-electron chi connectivity index (χ0n) is 22.1. The highest BCUT2D eigenvalue weighted by Crippen LogP contribution is 2.43. The number of benzene rings is 3. The predicted octanol–water partition coefficient (Wildman–Crippen LogP) is 5.25. The van der Waals surface area contributed by atoms with E-state index in [0.717, 1.165) is 40.7 Å². The molecule has 0 aromatic heterocycles. The molecule has 1 saturated heterocycles. The molecule has 1 fully saturated rings. The Hall–Kier alpha value is -4.45. The van der Waals surface area contributed by atoms with Crippen molar-refractivity contribution in [3.63, 3.8) is 0 Å². The molecule has 1 amide bonds. The molecule has 0 N–H and O–H groups in total. The first-order valence-corrected chi connectivity index (χ1v) is 14.2. The van der Waals surface area contributed by atoms with Crippen LogP contribution in [0.1, 0.15) is 12.0 Å². The van der Waals surface area contributed by atoms with Gasteiger partial charge in [0.05, 0.1) is 40.5 Å². The van der Waals surface area contributed by atoms with Gasteiger partial charge in [-0.15, -0.1) is 0 Å². The van der Waals surface area contributed by atoms with E-state index < -0.39 is 56.8 Å². The van der Waals surface area contributed by atoms with Crippen molar-refractivity contribution in [3.8, 4) is 22.9 Å². The molecule has 0 saturated carbocycles. The van der Waals surface area contributed by atoms with Gasteiger partial charge in [0.15, 0.2) is 0 Å². The maximum Gasteiger partial charge on any atom is 0.416 e. The molecule has 43 heavy (non-hydrogen) atoms. The fourth-order valence-electron chi connectivity index (χ4n) is 5.26. The maximum atomic E-state index is 14.3. The number of hydrogen-bond donors (Lipinski definition) is 0. The largest absolute Gasteiger partial charge is 0.435 e. The number of rotatable bonds is 6. The van der Waals surface area contributed by atoms with Gasteiger partial charge in [-0.25, -0.2) is 12.8 Å². The molecule has 0 bridgehead atoms. The van der Waals surface area contributed by atoms with Crippen molar-refractivity contribution in [2.75, 3.05) is 35.4 Å². The quantitative estimate of drug-likeness (QED) is 0.348. The summed E-state index contributed by atoms with van der Waals surface area (Å²) in [5.74, 6) is -1.80. The highest BCUT2D eigenvalue weighted by Gasteiger charge is 2.41. The monoisotopic (exact) mass is 624 g/mol. The number of halogens is 6. The minimum Gasteiger partial charge on any atom is -0.435 e. The second-order valence-electron chi connectivity index (χ2n) is 9.84. The van der Waals surface area contributed by atoms with Crippen molar-refractivity contribution in [1.82, 2.24) is 4.90 Å². The summed E-state index contributed by atoms with van der Waals surface area (Å²) < 4.78 is 113. The summed E-state index contributed by atoms with van der Waals surface area (Å²) in [6.45, 7) is -2.95. The Morgan fingerprint density at radius 2 is 1.77 bits per heavy atom. The summed E-state index contributed by atoms with van der Waals surface area (Å²) >= 11 is 0. The maximum absolute atomic E-state index is 14.3. The van der Waals surface area contributed by atoms with Crippen molar-refractivity contribution < 1.29 is 44.3 Å². The van der Waals surface area contributed by atoms with Crippen LogP contribution in [0.15, 0.2) is 65.6 Å². The Kier molecular flexibility index (Phi) is 7.91. The van der Waals surface area contributed by atoms with Gasteiger partial charge in [-0.05, 0) is 53.6 Å². The molecule has 226 valence electrons. The molecule has 0 radical (unpaired) electrons. The molecule has 2 aliphatic rings. The topological polar surface area (TPSA) is 94.0 Å². The third-order valence-electron chi connectivity index (χ3n) is 7.17. The van der Waals surface area contributed by atoms with Gasteiger partial charge in [0.2, 0.25) is 5.91 Å². The number of sulfonamides is 1. The highest BCUT2D eigenvalue weighted by molar-refractivity contribution is 7.92. The number of amides is 1. The predicted molar refractivity (Wildman–Crippen MR) is 142 cm³/mol. The molecule has 8 nitrogen and oxygen atoms in total. The SMILES string of the molecule is N#CCC(=O)N1CCN2c3ccc(-c4cc(F)cc(OC(F)F)c4)cc3N(S(=O)(=O)c3cccc(C(F)(F)F)c3)C[C@@H]2C1. The average molecular weight is 625 g/mol. The van der Waals surface area contributed by atoms with Gasteiger partial charge in [-0.2, -0.15) is 27.2 Å². The molecule has 0 spiro atoms. The molecule has 3 aromatic carbocycles. The number of fused-ring (bicyclic) bond motifs is 3. The molecule has 1 atom stereocenters. The van der Waals surface area contributed by atoms with Crippen molar-refractivity contribution in [3.05, 3.63) is 72.0 Å². The number of nitrogens with zero attached hydrogens (tertiary/aromatic N) is 4. The van der Waals surface area contributed by atoms with Crippen LogP contribution >= 0.6 is 0 Å². The lowest BCUT2D eigenvalue weighted by Crippen LogP contribution is -2.61. The summed E-state index contributed by atoms with van der Waals surface area (Å²) in [5.41, 5.74) is -0.419. The molecular formula is C28H22F6N4O4S. The normalized spacial score (nSPS) is 16.9. The number of anilines is 2. The molecule has 3 aromatic rings. The van der Waals surface area contributed by atoms with Gasteiger partial charge in [-0.3, -0.25) is 9.10 Å². The van der Waals surface area contributed by atoms with Gasteiger partial charge < -0.3 is 14.5 Å². The van der Waals surface area contributed by atoms with Crippen molar-refractivity contribution in [2.24, 2.45) is 0 Å². The van der Waals surface area contributed by atoms with Crippen LogP contribution in [0.25, 0.3) is 11.1 Å². The van der Waals surface area contributed by atoms with Crippen LogP contribution in [0, 0.1) is 17.1 Å². The standard InChI is InChI=1S/C28H22F6N4O4S/c29-20-10-18(11-22(14-20)42-27(30)31)17-4-5-24-25(12-17)38(16-21-15-36(8-9-37(21)24)26(39)6-7-35)43(40,41)23-3-1-2-19(13-23)28(32,33)34/h1-5,10-14,21,27H,6,8-9,15-16H2/t21-/m0/s1. The highest BCUT2D eigenvalue weighted by atomic mass is 32.2. The first-order valence-electron chi connectivity index (χ1n) is 12.8. The minimum atomic E-state index is -4.81. The Bertz CT molecular complexity index is 1710. The van der Waals surface area contributed by atoms with E-state index >= 15 is 0 Å². The Morgan fingerprint density at radius 3 is 2.47 bits per heavy atom. The van der Waals surface area contributed by atoms with Crippen molar-refractivity contribution in [1.29, 1.82) is 5.26 Å². The van der Waals surface area contributed by atoms with E-state index in [4.69, 9.17) is 5.26 Å². The molecular weight excluding hydrogens is 602 g/mol. The summed E-state index contributed by atoms with van der Waals surface area (Å²) in [5, 5.41) is 8.94. The second kappa shape index (κ2) is 11.3. The summed E-state index contributed by atoms with van der Waals surface area (Å²) in [6, 6.07) is 11.8. The van der Waals surface area contributed by atoms with E-state index in [1.807, 2.05) is 4.90 Å². The van der Waals surface area contributed by atoms with E-state index in [1.165, 1.54) is 23.1 Å². The summed E-state index contributed by atoms with van der Waals surface area (Å²) in [7, 11) is -4.63. The van der Waals surface area contributed by atoms with E-state index in [9.17, 15) is 39.6 Å². The molecule has 5 rings (SSSR count). The molecule has 2 heterocycles. The lowest BCUT2D eigenvalue weighted by molar-refractivity contribution is -0.137. The number of ether oxygens (including phenoxy) is 1. The van der Waals surface area contributed by atoms with Gasteiger partial charge in [0.1, 0.15) is 18.0 Å².